The van der Waals surface area contributed by atoms with Gasteiger partial charge in [-0.3, -0.25) is 4.99 Å². The van der Waals surface area contributed by atoms with Crippen molar-refractivity contribution in [2.75, 3.05) is 25.9 Å². The molecule has 1 aromatic heterocycles. The van der Waals surface area contributed by atoms with Crippen LogP contribution in [0.25, 0.3) is 0 Å². The first kappa shape index (κ1) is 19.1. The van der Waals surface area contributed by atoms with Crippen LogP contribution in [0.4, 0.5) is 0 Å². The topological polar surface area (TPSA) is 67.1 Å². The third kappa shape index (κ3) is 5.69. The zero-order valence-corrected chi connectivity index (χ0v) is 16.4. The minimum Gasteiger partial charge on any atom is -0.357 e. The van der Waals surface area contributed by atoms with Gasteiger partial charge in [0.1, 0.15) is 11.6 Å². The van der Waals surface area contributed by atoms with E-state index in [-0.39, 0.29) is 4.75 Å². The molecule has 0 unspecified atom stereocenters. The number of aliphatic imine (C=N–C) groups is 1. The van der Waals surface area contributed by atoms with E-state index in [0.717, 1.165) is 56.6 Å². The zero-order valence-electron chi connectivity index (χ0n) is 15.6. The highest BCUT2D eigenvalue weighted by atomic mass is 32.2. The Morgan fingerprint density at radius 3 is 2.83 bits per heavy atom. The number of hydrogen-bond acceptors (Lipinski definition) is 4. The Morgan fingerprint density at radius 1 is 1.25 bits per heavy atom. The summed E-state index contributed by atoms with van der Waals surface area (Å²) in [5.74, 6) is 3.14. The second kappa shape index (κ2) is 9.30. The molecule has 0 amide bonds. The molecule has 136 valence electrons. The van der Waals surface area contributed by atoms with Crippen molar-refractivity contribution in [3.05, 3.63) is 11.6 Å². The van der Waals surface area contributed by atoms with Gasteiger partial charge in [0.25, 0.3) is 0 Å². The van der Waals surface area contributed by atoms with Crippen molar-refractivity contribution >= 4 is 17.7 Å². The molecule has 0 fully saturated rings. The second-order valence-electron chi connectivity index (χ2n) is 6.83. The normalized spacial score (nSPS) is 15.8. The molecule has 0 bridgehead atoms. The molecule has 0 saturated heterocycles. The van der Waals surface area contributed by atoms with Gasteiger partial charge in [-0.1, -0.05) is 6.42 Å². The Kier molecular flexibility index (Phi) is 7.40. The molecule has 1 aliphatic heterocycles. The molecule has 0 saturated carbocycles. The Morgan fingerprint density at radius 2 is 2.08 bits per heavy atom. The summed E-state index contributed by atoms with van der Waals surface area (Å²) < 4.78 is 2.47. The van der Waals surface area contributed by atoms with E-state index in [4.69, 9.17) is 4.99 Å². The van der Waals surface area contributed by atoms with Crippen molar-refractivity contribution in [2.45, 2.75) is 64.2 Å². The van der Waals surface area contributed by atoms with E-state index in [1.165, 1.54) is 19.3 Å². The van der Waals surface area contributed by atoms with E-state index in [1.807, 2.05) is 11.8 Å². The molecule has 6 nitrogen and oxygen atoms in total. The van der Waals surface area contributed by atoms with E-state index >= 15 is 0 Å². The van der Waals surface area contributed by atoms with Gasteiger partial charge < -0.3 is 15.2 Å². The number of nitrogens with one attached hydrogen (secondary N) is 2. The number of thioether (sulfide) groups is 1. The van der Waals surface area contributed by atoms with Gasteiger partial charge in [-0.15, -0.1) is 10.2 Å². The van der Waals surface area contributed by atoms with E-state index in [9.17, 15) is 0 Å². The minimum absolute atomic E-state index is 0.159. The number of aromatic nitrogens is 3. The summed E-state index contributed by atoms with van der Waals surface area (Å²) >= 11 is 1.84. The number of aryl methyl sites for hydroxylation is 1. The lowest BCUT2D eigenvalue weighted by atomic mass is 10.2. The molecule has 2 rings (SSSR count). The van der Waals surface area contributed by atoms with Crippen molar-refractivity contribution in [2.24, 2.45) is 4.99 Å². The van der Waals surface area contributed by atoms with Gasteiger partial charge in [0.15, 0.2) is 5.96 Å². The van der Waals surface area contributed by atoms with Crippen LogP contribution >= 0.6 is 11.8 Å². The van der Waals surface area contributed by atoms with Crippen LogP contribution in [0.3, 0.4) is 0 Å². The highest BCUT2D eigenvalue weighted by Gasteiger charge is 2.16. The van der Waals surface area contributed by atoms with Gasteiger partial charge in [0.05, 0.1) is 6.54 Å². The van der Waals surface area contributed by atoms with Crippen LogP contribution in [0.1, 0.15) is 51.7 Å². The fraction of sp³-hybridized carbons (Fsp3) is 0.824. The fourth-order valence-electron chi connectivity index (χ4n) is 2.70. The standard InChI is InChI=1S/C17H32N6S/c1-5-18-16(20-13-17(2,3)24-4)19-11-10-15-22-21-14-9-7-6-8-12-23(14)15/h5-13H2,1-4H3,(H2,18,19,20). The van der Waals surface area contributed by atoms with Crippen LogP contribution < -0.4 is 10.6 Å². The predicted molar refractivity (Wildman–Crippen MR) is 103 cm³/mol. The van der Waals surface area contributed by atoms with E-state index < -0.39 is 0 Å². The monoisotopic (exact) mass is 352 g/mol. The van der Waals surface area contributed by atoms with Crippen molar-refractivity contribution in [3.8, 4) is 0 Å². The third-order valence-corrected chi connectivity index (χ3v) is 5.58. The second-order valence-corrected chi connectivity index (χ2v) is 8.34. The lowest BCUT2D eigenvalue weighted by Crippen LogP contribution is -2.39. The maximum absolute atomic E-state index is 4.71. The molecule has 2 heterocycles. The molecule has 0 radical (unpaired) electrons. The summed E-state index contributed by atoms with van der Waals surface area (Å²) in [7, 11) is 0. The predicted octanol–water partition coefficient (Wildman–Crippen LogP) is 2.24. The number of rotatable bonds is 7. The quantitative estimate of drug-likeness (QED) is 0.582. The third-order valence-electron chi connectivity index (χ3n) is 4.34. The van der Waals surface area contributed by atoms with E-state index in [0.29, 0.717) is 0 Å². The first-order chi connectivity index (χ1) is 11.6. The molecular weight excluding hydrogens is 320 g/mol. The van der Waals surface area contributed by atoms with Gasteiger partial charge in [0.2, 0.25) is 0 Å². The van der Waals surface area contributed by atoms with Crippen LogP contribution in [0.2, 0.25) is 0 Å². The smallest absolute Gasteiger partial charge is 0.191 e. The maximum Gasteiger partial charge on any atom is 0.191 e. The zero-order chi connectivity index (χ0) is 17.4. The summed E-state index contributed by atoms with van der Waals surface area (Å²) in [6.45, 7) is 10.1. The fourth-order valence-corrected chi connectivity index (χ4v) is 2.89. The lowest BCUT2D eigenvalue weighted by molar-refractivity contribution is 0.600. The van der Waals surface area contributed by atoms with Crippen molar-refractivity contribution in [3.63, 3.8) is 0 Å². The van der Waals surface area contributed by atoms with Gasteiger partial charge >= 0.3 is 0 Å². The molecule has 0 spiro atoms. The Labute approximate surface area is 150 Å². The summed E-state index contributed by atoms with van der Waals surface area (Å²) in [5, 5.41) is 15.5. The Balaban J connectivity index is 1.89. The first-order valence-corrected chi connectivity index (χ1v) is 10.3. The molecular formula is C17H32N6S. The van der Waals surface area contributed by atoms with Gasteiger partial charge in [-0.05, 0) is 39.9 Å². The lowest BCUT2D eigenvalue weighted by Gasteiger charge is -2.20. The molecule has 0 aliphatic carbocycles. The van der Waals surface area contributed by atoms with Crippen LogP contribution in [0.15, 0.2) is 4.99 Å². The van der Waals surface area contributed by atoms with Crippen LogP contribution in [-0.4, -0.2) is 51.4 Å². The summed E-state index contributed by atoms with van der Waals surface area (Å²) in [5.41, 5.74) is 0. The Bertz CT molecular complexity index is 537. The van der Waals surface area contributed by atoms with Crippen molar-refractivity contribution in [1.29, 1.82) is 0 Å². The highest BCUT2D eigenvalue weighted by molar-refractivity contribution is 7.99. The molecule has 0 atom stereocenters. The van der Waals surface area contributed by atoms with E-state index in [2.05, 4.69) is 52.4 Å². The van der Waals surface area contributed by atoms with E-state index in [1.54, 1.807) is 0 Å². The average molecular weight is 353 g/mol. The maximum atomic E-state index is 4.71. The van der Waals surface area contributed by atoms with Gasteiger partial charge in [-0.25, -0.2) is 0 Å². The highest BCUT2D eigenvalue weighted by Crippen LogP contribution is 2.21. The SMILES string of the molecule is CCNC(=NCC(C)(C)SC)NCCc1nnc2n1CCCCC2. The van der Waals surface area contributed by atoms with Gasteiger partial charge in [-0.2, -0.15) is 11.8 Å². The number of nitrogens with zero attached hydrogens (tertiary/aromatic N) is 4. The minimum atomic E-state index is 0.159. The summed E-state index contributed by atoms with van der Waals surface area (Å²) in [4.78, 5) is 4.71. The summed E-state index contributed by atoms with van der Waals surface area (Å²) in [6.07, 6.45) is 7.84. The molecule has 2 N–H and O–H groups in total. The van der Waals surface area contributed by atoms with Gasteiger partial charge in [0, 0.05) is 37.2 Å². The molecule has 0 aromatic carbocycles. The summed E-state index contributed by atoms with van der Waals surface area (Å²) in [6, 6.07) is 0. The largest absolute Gasteiger partial charge is 0.357 e. The molecule has 1 aliphatic rings. The molecule has 1 aromatic rings. The number of guanidine groups is 1. The van der Waals surface area contributed by atoms with Crippen molar-refractivity contribution in [1.82, 2.24) is 25.4 Å². The number of hydrogen-bond donors (Lipinski definition) is 2. The van der Waals surface area contributed by atoms with Crippen LogP contribution in [-0.2, 0) is 19.4 Å². The average Bonchev–Trinajstić information content (AvgIpc) is 2.80. The van der Waals surface area contributed by atoms with Crippen molar-refractivity contribution < 1.29 is 0 Å². The molecule has 7 heteroatoms. The first-order valence-electron chi connectivity index (χ1n) is 9.04. The van der Waals surface area contributed by atoms with Crippen LogP contribution in [0, 0.1) is 0 Å². The molecule has 24 heavy (non-hydrogen) atoms. The van der Waals surface area contributed by atoms with Crippen LogP contribution in [0.5, 0.6) is 0 Å². The Hall–Kier alpha value is -1.24. The number of fused-ring (bicyclic) bond motifs is 1.